The van der Waals surface area contributed by atoms with E-state index >= 15 is 0 Å². The highest BCUT2D eigenvalue weighted by Crippen LogP contribution is 2.08. The highest BCUT2D eigenvalue weighted by Gasteiger charge is 2.01. The average molecular weight is 149 g/mol. The number of Topliss-reactive ketones (excluding diaryl/α,β-unsaturated/α-hetero) is 1. The summed E-state index contributed by atoms with van der Waals surface area (Å²) in [5, 5.41) is 0.189. The van der Waals surface area contributed by atoms with Crippen LogP contribution < -0.4 is 0 Å². The third-order valence-electron chi connectivity index (χ3n) is 1.25. The first-order chi connectivity index (χ1) is 4.16. The Morgan fingerprint density at radius 1 is 1.67 bits per heavy atom. The number of halogens is 1. The zero-order chi connectivity index (χ0) is 7.28. The van der Waals surface area contributed by atoms with E-state index in [4.69, 9.17) is 11.6 Å². The van der Waals surface area contributed by atoms with Crippen molar-refractivity contribution in [3.8, 4) is 0 Å². The van der Waals surface area contributed by atoms with E-state index in [1.54, 1.807) is 6.92 Å². The second-order valence-corrected chi connectivity index (χ2v) is 2.86. The molecule has 54 valence electrons. The Balaban J connectivity index is 3.16. The zero-order valence-electron chi connectivity index (χ0n) is 5.98. The van der Waals surface area contributed by atoms with E-state index in [-0.39, 0.29) is 11.2 Å². The molecule has 0 radical (unpaired) electrons. The minimum absolute atomic E-state index is 0.189. The molecule has 0 aliphatic heterocycles. The molecule has 0 spiro atoms. The summed E-state index contributed by atoms with van der Waals surface area (Å²) in [6.07, 6.45) is 2.41. The largest absolute Gasteiger partial charge is 0.300 e. The normalized spacial score (nSPS) is 13.2. The second kappa shape index (κ2) is 4.80. The van der Waals surface area contributed by atoms with Crippen LogP contribution >= 0.6 is 11.6 Å². The molecule has 0 aliphatic carbocycles. The van der Waals surface area contributed by atoms with Crippen LogP contribution in [0.2, 0.25) is 0 Å². The quantitative estimate of drug-likeness (QED) is 0.560. The minimum Gasteiger partial charge on any atom is -0.300 e. The molecule has 0 saturated carbocycles. The first-order valence-electron chi connectivity index (χ1n) is 3.30. The van der Waals surface area contributed by atoms with Gasteiger partial charge in [-0.1, -0.05) is 6.92 Å². The lowest BCUT2D eigenvalue weighted by Crippen LogP contribution is -1.99. The summed E-state index contributed by atoms with van der Waals surface area (Å²) < 4.78 is 0. The number of ketones is 1. The molecule has 0 rings (SSSR count). The van der Waals surface area contributed by atoms with E-state index in [2.05, 4.69) is 0 Å². The molecular weight excluding hydrogens is 136 g/mol. The van der Waals surface area contributed by atoms with E-state index in [1.165, 1.54) is 0 Å². The average Bonchev–Trinajstić information content (AvgIpc) is 1.83. The van der Waals surface area contributed by atoms with Gasteiger partial charge in [0.25, 0.3) is 0 Å². The van der Waals surface area contributed by atoms with Gasteiger partial charge in [-0.05, 0) is 19.8 Å². The third kappa shape index (κ3) is 5.84. The van der Waals surface area contributed by atoms with Gasteiger partial charge in [0.1, 0.15) is 5.78 Å². The molecule has 0 bridgehead atoms. The fourth-order valence-corrected chi connectivity index (χ4v) is 0.673. The molecule has 0 aliphatic rings. The van der Waals surface area contributed by atoms with Crippen molar-refractivity contribution >= 4 is 17.4 Å². The van der Waals surface area contributed by atoms with Crippen LogP contribution in [0.3, 0.4) is 0 Å². The SMILES string of the molecule is CCC(Cl)CCC(C)=O. The third-order valence-corrected chi connectivity index (χ3v) is 1.78. The Hall–Kier alpha value is -0.0400. The van der Waals surface area contributed by atoms with Crippen LogP contribution in [0.15, 0.2) is 0 Å². The molecule has 2 heteroatoms. The van der Waals surface area contributed by atoms with Crippen molar-refractivity contribution in [1.29, 1.82) is 0 Å². The molecule has 0 N–H and O–H groups in total. The Bertz CT molecular complexity index is 90.9. The zero-order valence-corrected chi connectivity index (χ0v) is 6.74. The monoisotopic (exact) mass is 148 g/mol. The van der Waals surface area contributed by atoms with Gasteiger partial charge in [0.2, 0.25) is 0 Å². The minimum atomic E-state index is 0.189. The first kappa shape index (κ1) is 8.96. The summed E-state index contributed by atoms with van der Waals surface area (Å²) >= 11 is 5.76. The maximum Gasteiger partial charge on any atom is 0.129 e. The lowest BCUT2D eigenvalue weighted by molar-refractivity contribution is -0.117. The van der Waals surface area contributed by atoms with Gasteiger partial charge in [0.15, 0.2) is 0 Å². The molecule has 0 aromatic carbocycles. The highest BCUT2D eigenvalue weighted by atomic mass is 35.5. The first-order valence-corrected chi connectivity index (χ1v) is 3.74. The fourth-order valence-electron chi connectivity index (χ4n) is 0.564. The lowest BCUT2D eigenvalue weighted by Gasteiger charge is -2.01. The molecule has 9 heavy (non-hydrogen) atoms. The predicted molar refractivity (Wildman–Crippen MR) is 39.8 cm³/mol. The number of hydrogen-bond donors (Lipinski definition) is 0. The van der Waals surface area contributed by atoms with Crippen LogP contribution in [-0.2, 0) is 4.79 Å². The van der Waals surface area contributed by atoms with Crippen LogP contribution in [-0.4, -0.2) is 11.2 Å². The van der Waals surface area contributed by atoms with Crippen molar-refractivity contribution in [1.82, 2.24) is 0 Å². The highest BCUT2D eigenvalue weighted by molar-refractivity contribution is 6.20. The van der Waals surface area contributed by atoms with Crippen molar-refractivity contribution in [2.45, 2.75) is 38.5 Å². The molecule has 0 heterocycles. The summed E-state index contributed by atoms with van der Waals surface area (Å²) in [5.41, 5.74) is 0. The predicted octanol–water partition coefficient (Wildman–Crippen LogP) is 2.37. The molecule has 0 amide bonds. The fraction of sp³-hybridized carbons (Fsp3) is 0.857. The van der Waals surface area contributed by atoms with E-state index in [0.29, 0.717) is 6.42 Å². The van der Waals surface area contributed by atoms with E-state index in [9.17, 15) is 4.79 Å². The van der Waals surface area contributed by atoms with Crippen molar-refractivity contribution in [2.24, 2.45) is 0 Å². The Morgan fingerprint density at radius 3 is 2.56 bits per heavy atom. The Kier molecular flexibility index (Phi) is 4.78. The molecule has 1 unspecified atom stereocenters. The number of carbonyl (C=O) groups is 1. The molecule has 1 nitrogen and oxygen atoms in total. The molecule has 1 atom stereocenters. The number of alkyl halides is 1. The number of hydrogen-bond acceptors (Lipinski definition) is 1. The Labute approximate surface area is 61.4 Å². The van der Waals surface area contributed by atoms with Gasteiger partial charge in [-0.3, -0.25) is 0 Å². The van der Waals surface area contributed by atoms with Gasteiger partial charge in [0, 0.05) is 11.8 Å². The van der Waals surface area contributed by atoms with Gasteiger partial charge in [0.05, 0.1) is 0 Å². The van der Waals surface area contributed by atoms with Gasteiger partial charge in [-0.15, -0.1) is 11.6 Å². The van der Waals surface area contributed by atoms with Crippen LogP contribution in [0.1, 0.15) is 33.1 Å². The van der Waals surface area contributed by atoms with E-state index < -0.39 is 0 Å². The smallest absolute Gasteiger partial charge is 0.129 e. The van der Waals surface area contributed by atoms with Crippen molar-refractivity contribution in [2.75, 3.05) is 0 Å². The second-order valence-electron chi connectivity index (χ2n) is 2.25. The summed E-state index contributed by atoms with van der Waals surface area (Å²) in [6, 6.07) is 0. The van der Waals surface area contributed by atoms with Crippen LogP contribution in [0, 0.1) is 0 Å². The topological polar surface area (TPSA) is 17.1 Å². The van der Waals surface area contributed by atoms with Crippen molar-refractivity contribution < 1.29 is 4.79 Å². The maximum atomic E-state index is 10.4. The maximum absolute atomic E-state index is 10.4. The van der Waals surface area contributed by atoms with E-state index in [0.717, 1.165) is 12.8 Å². The van der Waals surface area contributed by atoms with Crippen molar-refractivity contribution in [3.63, 3.8) is 0 Å². The van der Waals surface area contributed by atoms with Gasteiger partial charge >= 0.3 is 0 Å². The molecule has 0 aromatic rings. The summed E-state index contributed by atoms with van der Waals surface area (Å²) in [5.74, 6) is 0.231. The summed E-state index contributed by atoms with van der Waals surface area (Å²) in [7, 11) is 0. The van der Waals surface area contributed by atoms with Gasteiger partial charge in [-0.2, -0.15) is 0 Å². The number of rotatable bonds is 4. The Morgan fingerprint density at radius 2 is 2.22 bits per heavy atom. The summed E-state index contributed by atoms with van der Waals surface area (Å²) in [4.78, 5) is 10.4. The lowest BCUT2D eigenvalue weighted by atomic mass is 10.1. The standard InChI is InChI=1S/C7H13ClO/c1-3-7(8)5-4-6(2)9/h7H,3-5H2,1-2H3. The summed E-state index contributed by atoms with van der Waals surface area (Å²) in [6.45, 7) is 3.62. The molecule has 0 saturated heterocycles. The van der Waals surface area contributed by atoms with Gasteiger partial charge < -0.3 is 4.79 Å². The molecule has 0 fully saturated rings. The molecule has 0 aromatic heterocycles. The van der Waals surface area contributed by atoms with Crippen molar-refractivity contribution in [3.05, 3.63) is 0 Å². The van der Waals surface area contributed by atoms with Crippen LogP contribution in [0.25, 0.3) is 0 Å². The number of carbonyl (C=O) groups excluding carboxylic acids is 1. The van der Waals surface area contributed by atoms with Gasteiger partial charge in [-0.25, -0.2) is 0 Å². The van der Waals surface area contributed by atoms with E-state index in [1.807, 2.05) is 6.92 Å². The van der Waals surface area contributed by atoms with Crippen LogP contribution in [0.4, 0.5) is 0 Å². The van der Waals surface area contributed by atoms with Crippen LogP contribution in [0.5, 0.6) is 0 Å². The molecular formula is C7H13ClO.